The lowest BCUT2D eigenvalue weighted by Crippen LogP contribution is -2.30. The average molecular weight is 385 g/mol. The van der Waals surface area contributed by atoms with Crippen molar-refractivity contribution in [1.29, 1.82) is 0 Å². The monoisotopic (exact) mass is 384 g/mol. The highest BCUT2D eigenvalue weighted by Gasteiger charge is 2.38. The van der Waals surface area contributed by atoms with E-state index in [0.717, 1.165) is 56.9 Å². The van der Waals surface area contributed by atoms with Gasteiger partial charge in [-0.05, 0) is 43.6 Å². The molecule has 4 nitrogen and oxygen atoms in total. The van der Waals surface area contributed by atoms with E-state index in [1.54, 1.807) is 0 Å². The summed E-state index contributed by atoms with van der Waals surface area (Å²) in [6, 6.07) is 0. The first-order valence-corrected chi connectivity index (χ1v) is 10.8. The molecule has 0 aromatic carbocycles. The lowest BCUT2D eigenvalue weighted by molar-refractivity contribution is -0.140. The van der Waals surface area contributed by atoms with Crippen LogP contribution in [0.1, 0.15) is 90.9 Å². The van der Waals surface area contributed by atoms with Gasteiger partial charge < -0.3 is 14.9 Å². The third kappa shape index (κ3) is 6.86. The maximum absolute atomic E-state index is 14.8. The van der Waals surface area contributed by atoms with Gasteiger partial charge in [0.25, 0.3) is 0 Å². The predicted molar refractivity (Wildman–Crippen MR) is 104 cm³/mol. The second-order valence-electron chi connectivity index (χ2n) is 8.52. The maximum atomic E-state index is 14.8. The molecule has 0 bridgehead atoms. The van der Waals surface area contributed by atoms with E-state index in [9.17, 15) is 19.4 Å². The number of hydrogen-bond acceptors (Lipinski definition) is 4. The van der Waals surface area contributed by atoms with Gasteiger partial charge in [-0.15, -0.1) is 0 Å². The van der Waals surface area contributed by atoms with Crippen LogP contribution < -0.4 is 0 Å². The molecule has 5 heteroatoms. The summed E-state index contributed by atoms with van der Waals surface area (Å²) >= 11 is 0. The van der Waals surface area contributed by atoms with Crippen molar-refractivity contribution in [3.05, 3.63) is 11.3 Å². The van der Waals surface area contributed by atoms with Crippen molar-refractivity contribution in [3.63, 3.8) is 0 Å². The Balaban J connectivity index is 1.99. The van der Waals surface area contributed by atoms with Crippen LogP contribution in [0, 0.1) is 11.8 Å². The third-order valence-corrected chi connectivity index (χ3v) is 6.07. The standard InChI is InChI=1S/C22H37FO4/c1-3-4-9-15(2)12-20(25)18(23)13-17-16-10-7-5-6-8-11-22(26)27-21(16)14-19(17)24/h15,17-20,24-25H,3-14H2,1-2H3/t15-,17+,18?,19+,20-/m0/s1. The van der Waals surface area contributed by atoms with Gasteiger partial charge in [0.05, 0.1) is 12.2 Å². The largest absolute Gasteiger partial charge is 0.431 e. The van der Waals surface area contributed by atoms with E-state index < -0.39 is 18.4 Å². The second-order valence-corrected chi connectivity index (χ2v) is 8.52. The molecular formula is C22H37FO4. The van der Waals surface area contributed by atoms with E-state index >= 15 is 0 Å². The number of aliphatic hydroxyl groups excluding tert-OH is 2. The van der Waals surface area contributed by atoms with Crippen LogP contribution in [0.5, 0.6) is 0 Å². The van der Waals surface area contributed by atoms with Gasteiger partial charge >= 0.3 is 5.97 Å². The van der Waals surface area contributed by atoms with Crippen LogP contribution in [0.25, 0.3) is 0 Å². The number of carbonyl (C=O) groups excluding carboxylic acids is 1. The molecule has 2 aliphatic rings. The number of esters is 1. The highest BCUT2D eigenvalue weighted by Crippen LogP contribution is 2.40. The summed E-state index contributed by atoms with van der Waals surface area (Å²) in [6.45, 7) is 4.18. The molecule has 27 heavy (non-hydrogen) atoms. The van der Waals surface area contributed by atoms with E-state index in [1.807, 2.05) is 0 Å². The van der Waals surface area contributed by atoms with Gasteiger partial charge in [0.15, 0.2) is 0 Å². The Morgan fingerprint density at radius 1 is 1.22 bits per heavy atom. The third-order valence-electron chi connectivity index (χ3n) is 6.07. The van der Waals surface area contributed by atoms with Crippen LogP contribution in [0.4, 0.5) is 4.39 Å². The van der Waals surface area contributed by atoms with Crippen molar-refractivity contribution < 1.29 is 24.1 Å². The molecule has 0 saturated carbocycles. The van der Waals surface area contributed by atoms with E-state index in [0.29, 0.717) is 18.6 Å². The minimum absolute atomic E-state index is 0.0964. The van der Waals surface area contributed by atoms with Crippen molar-refractivity contribution in [2.75, 3.05) is 0 Å². The summed E-state index contributed by atoms with van der Waals surface area (Å²) in [5.41, 5.74) is 0.895. The van der Waals surface area contributed by atoms with Gasteiger partial charge in [0.1, 0.15) is 11.9 Å². The van der Waals surface area contributed by atoms with E-state index in [2.05, 4.69) is 13.8 Å². The number of carbonyl (C=O) groups is 1. The second kappa shape index (κ2) is 11.2. The summed E-state index contributed by atoms with van der Waals surface area (Å²) in [5.74, 6) is 0.232. The number of alkyl halides is 1. The molecule has 1 heterocycles. The molecule has 1 unspecified atom stereocenters. The molecule has 5 atom stereocenters. The lowest BCUT2D eigenvalue weighted by Gasteiger charge is -2.25. The number of halogens is 1. The van der Waals surface area contributed by atoms with Gasteiger partial charge in [-0.1, -0.05) is 46.0 Å². The maximum Gasteiger partial charge on any atom is 0.310 e. The van der Waals surface area contributed by atoms with Gasteiger partial charge in [-0.2, -0.15) is 0 Å². The number of ether oxygens (including phenoxy) is 1. The van der Waals surface area contributed by atoms with Crippen molar-refractivity contribution in [3.8, 4) is 0 Å². The van der Waals surface area contributed by atoms with Gasteiger partial charge in [-0.25, -0.2) is 4.39 Å². The fourth-order valence-corrected chi connectivity index (χ4v) is 4.39. The minimum Gasteiger partial charge on any atom is -0.431 e. The molecule has 0 fully saturated rings. The molecule has 156 valence electrons. The van der Waals surface area contributed by atoms with Crippen molar-refractivity contribution in [1.82, 2.24) is 0 Å². The van der Waals surface area contributed by atoms with Crippen LogP contribution in [-0.4, -0.2) is 34.6 Å². The smallest absolute Gasteiger partial charge is 0.310 e. The molecule has 1 aliphatic carbocycles. The van der Waals surface area contributed by atoms with Gasteiger partial charge in [-0.3, -0.25) is 4.79 Å². The summed E-state index contributed by atoms with van der Waals surface area (Å²) in [7, 11) is 0. The molecular weight excluding hydrogens is 347 g/mol. The first-order chi connectivity index (χ1) is 12.9. The molecule has 0 radical (unpaired) electrons. The zero-order valence-electron chi connectivity index (χ0n) is 17.0. The van der Waals surface area contributed by atoms with E-state index in [1.165, 1.54) is 0 Å². The Labute approximate surface area is 163 Å². The Kier molecular flexibility index (Phi) is 9.24. The summed E-state index contributed by atoms with van der Waals surface area (Å²) < 4.78 is 20.3. The van der Waals surface area contributed by atoms with Crippen molar-refractivity contribution >= 4 is 5.97 Å². The Morgan fingerprint density at radius 3 is 2.63 bits per heavy atom. The SMILES string of the molecule is CCCC[C@H](C)C[C@H](O)C(F)C[C@@H]1C2=C(C[C@H]1O)OC(=O)CCCCCC2. The Bertz CT molecular complexity index is 505. The quantitative estimate of drug-likeness (QED) is 0.589. The molecule has 2 rings (SSSR count). The number of unbranched alkanes of at least 4 members (excludes halogenated alkanes) is 1. The van der Waals surface area contributed by atoms with Crippen molar-refractivity contribution in [2.45, 2.75) is 109 Å². The van der Waals surface area contributed by atoms with Crippen LogP contribution >= 0.6 is 0 Å². The Morgan fingerprint density at radius 2 is 1.93 bits per heavy atom. The predicted octanol–water partition coefficient (Wildman–Crippen LogP) is 4.82. The minimum atomic E-state index is -1.37. The van der Waals surface area contributed by atoms with Crippen LogP contribution in [0.2, 0.25) is 0 Å². The zero-order valence-corrected chi connectivity index (χ0v) is 17.0. The highest BCUT2D eigenvalue weighted by atomic mass is 19.1. The van der Waals surface area contributed by atoms with E-state index in [-0.39, 0.29) is 30.6 Å². The fraction of sp³-hybridized carbons (Fsp3) is 0.864. The normalized spacial score (nSPS) is 27.7. The molecule has 2 N–H and O–H groups in total. The molecule has 0 aromatic rings. The summed E-state index contributed by atoms with van der Waals surface area (Å²) in [6.07, 6.45) is 5.87. The molecule has 0 aromatic heterocycles. The van der Waals surface area contributed by atoms with Gasteiger partial charge in [0.2, 0.25) is 0 Å². The fourth-order valence-electron chi connectivity index (χ4n) is 4.39. The first-order valence-electron chi connectivity index (χ1n) is 10.8. The Hall–Kier alpha value is -0.940. The zero-order chi connectivity index (χ0) is 19.8. The molecule has 0 amide bonds. The summed E-state index contributed by atoms with van der Waals surface area (Å²) in [4.78, 5) is 11.9. The number of aliphatic hydroxyl groups is 2. The van der Waals surface area contributed by atoms with Crippen LogP contribution in [0.15, 0.2) is 11.3 Å². The van der Waals surface area contributed by atoms with Crippen LogP contribution in [-0.2, 0) is 9.53 Å². The average Bonchev–Trinajstić information content (AvgIpc) is 2.91. The topological polar surface area (TPSA) is 66.8 Å². The summed E-state index contributed by atoms with van der Waals surface area (Å²) in [5, 5.41) is 20.8. The molecule has 0 saturated heterocycles. The van der Waals surface area contributed by atoms with Crippen LogP contribution in [0.3, 0.4) is 0 Å². The van der Waals surface area contributed by atoms with E-state index in [4.69, 9.17) is 4.74 Å². The lowest BCUT2D eigenvalue weighted by atomic mass is 9.86. The molecule has 0 spiro atoms. The highest BCUT2D eigenvalue weighted by molar-refractivity contribution is 5.70. The number of hydrogen-bond donors (Lipinski definition) is 2. The van der Waals surface area contributed by atoms with Gasteiger partial charge in [0, 0.05) is 18.8 Å². The number of rotatable bonds is 8. The first kappa shape index (κ1) is 22.4. The molecule has 1 aliphatic heterocycles. The van der Waals surface area contributed by atoms with Crippen molar-refractivity contribution in [2.24, 2.45) is 11.8 Å².